The Morgan fingerprint density at radius 2 is 1.90 bits per heavy atom. The molecule has 0 heterocycles. The summed E-state index contributed by atoms with van der Waals surface area (Å²) in [5.41, 5.74) is 2.36. The van der Waals surface area contributed by atoms with E-state index < -0.39 is 18.3 Å². The minimum absolute atomic E-state index is 0.0253. The van der Waals surface area contributed by atoms with Crippen LogP contribution >= 0.6 is 0 Å². The first kappa shape index (κ1) is 20.4. The fourth-order valence-corrected chi connectivity index (χ4v) is 3.21. The Bertz CT molecular complexity index is 986. The zero-order valence-corrected chi connectivity index (χ0v) is 16.2. The van der Waals surface area contributed by atoms with Crippen LogP contribution in [-0.2, 0) is 31.7 Å². The molecular weight excluding hydrogens is 382 g/mol. The molecule has 0 saturated carbocycles. The van der Waals surface area contributed by atoms with Crippen LogP contribution in [0.1, 0.15) is 34.2 Å². The van der Waals surface area contributed by atoms with Gasteiger partial charge in [-0.2, -0.15) is 0 Å². The molecule has 0 amide bonds. The maximum absolute atomic E-state index is 14.2. The average molecular weight is 402 g/mol. The quantitative estimate of drug-likeness (QED) is 0.417. The van der Waals surface area contributed by atoms with Crippen molar-refractivity contribution in [3.63, 3.8) is 0 Å². The Morgan fingerprint density at radius 1 is 1.14 bits per heavy atom. The Labute approximate surface area is 166 Å². The van der Waals surface area contributed by atoms with Gasteiger partial charge in [-0.15, -0.1) is 0 Å². The number of oxime groups is 2. The summed E-state index contributed by atoms with van der Waals surface area (Å²) < 4.78 is 33.1. The number of aryl methyl sites for hydroxylation is 1. The molecule has 0 spiro atoms. The fourth-order valence-electron chi connectivity index (χ4n) is 3.21. The van der Waals surface area contributed by atoms with Crippen LogP contribution in [-0.4, -0.2) is 31.6 Å². The van der Waals surface area contributed by atoms with Gasteiger partial charge in [0.2, 0.25) is 0 Å². The predicted octanol–water partition coefficient (Wildman–Crippen LogP) is 3.93. The van der Waals surface area contributed by atoms with Crippen LogP contribution in [0.25, 0.3) is 0 Å². The van der Waals surface area contributed by atoms with Gasteiger partial charge in [0.25, 0.3) is 5.92 Å². The van der Waals surface area contributed by atoms with Gasteiger partial charge in [-0.05, 0) is 12.5 Å². The predicted molar refractivity (Wildman–Crippen MR) is 103 cm³/mol. The molecule has 6 nitrogen and oxygen atoms in total. The van der Waals surface area contributed by atoms with E-state index in [-0.39, 0.29) is 23.6 Å². The first-order valence-electron chi connectivity index (χ1n) is 8.84. The van der Waals surface area contributed by atoms with Gasteiger partial charge in [0, 0.05) is 22.3 Å². The van der Waals surface area contributed by atoms with Gasteiger partial charge in [-0.3, -0.25) is 0 Å². The van der Waals surface area contributed by atoms with Crippen molar-refractivity contribution in [2.45, 2.75) is 25.9 Å². The third kappa shape index (κ3) is 4.11. The van der Waals surface area contributed by atoms with Crippen molar-refractivity contribution in [1.29, 1.82) is 0 Å². The number of benzene rings is 2. The normalized spacial score (nSPS) is 16.4. The second-order valence-electron chi connectivity index (χ2n) is 6.45. The molecule has 2 aromatic carbocycles. The highest BCUT2D eigenvalue weighted by Crippen LogP contribution is 2.41. The van der Waals surface area contributed by atoms with E-state index >= 15 is 0 Å². The molecule has 0 atom stereocenters. The van der Waals surface area contributed by atoms with Crippen molar-refractivity contribution in [2.24, 2.45) is 10.3 Å². The Hall–Kier alpha value is -3.29. The molecule has 1 aliphatic carbocycles. The van der Waals surface area contributed by atoms with Crippen molar-refractivity contribution in [2.75, 3.05) is 14.2 Å². The van der Waals surface area contributed by atoms with Crippen molar-refractivity contribution in [3.05, 3.63) is 70.3 Å². The summed E-state index contributed by atoms with van der Waals surface area (Å²) in [5.74, 6) is -3.65. The van der Waals surface area contributed by atoms with Crippen LogP contribution in [0, 0.1) is 6.92 Å². The number of nitrogens with zero attached hydrogens (tertiary/aromatic N) is 2. The van der Waals surface area contributed by atoms with Gasteiger partial charge >= 0.3 is 5.97 Å². The van der Waals surface area contributed by atoms with E-state index in [4.69, 9.17) is 14.4 Å². The third-order valence-corrected chi connectivity index (χ3v) is 4.63. The van der Waals surface area contributed by atoms with Crippen molar-refractivity contribution < 1.29 is 28.0 Å². The van der Waals surface area contributed by atoms with Crippen molar-refractivity contribution >= 4 is 17.4 Å². The molecule has 0 radical (unpaired) electrons. The highest BCUT2D eigenvalue weighted by molar-refractivity contribution is 6.43. The summed E-state index contributed by atoms with van der Waals surface area (Å²) in [6.45, 7) is 1.79. The van der Waals surface area contributed by atoms with Crippen molar-refractivity contribution in [1.82, 2.24) is 0 Å². The van der Waals surface area contributed by atoms with Crippen LogP contribution < -0.4 is 0 Å². The fraction of sp³-hybridized carbons (Fsp3) is 0.286. The highest BCUT2D eigenvalue weighted by Gasteiger charge is 2.43. The van der Waals surface area contributed by atoms with Gasteiger partial charge in [0.05, 0.1) is 19.2 Å². The molecule has 2 aromatic rings. The van der Waals surface area contributed by atoms with E-state index in [1.54, 1.807) is 30.3 Å². The molecule has 0 aliphatic heterocycles. The van der Waals surface area contributed by atoms with Gasteiger partial charge < -0.3 is 14.4 Å². The van der Waals surface area contributed by atoms with E-state index in [1.165, 1.54) is 20.3 Å². The third-order valence-electron chi connectivity index (χ3n) is 4.63. The van der Waals surface area contributed by atoms with Crippen LogP contribution in [0.2, 0.25) is 0 Å². The smallest absolute Gasteiger partial charge is 0.360 e. The first-order chi connectivity index (χ1) is 13.9. The Kier molecular flexibility index (Phi) is 5.91. The minimum Gasteiger partial charge on any atom is -0.464 e. The maximum atomic E-state index is 14.2. The molecule has 8 heteroatoms. The monoisotopic (exact) mass is 402 g/mol. The number of ether oxygens (including phenoxy) is 1. The van der Waals surface area contributed by atoms with Gasteiger partial charge in [0.15, 0.2) is 5.71 Å². The van der Waals surface area contributed by atoms with Crippen LogP contribution in [0.5, 0.6) is 0 Å². The second kappa shape index (κ2) is 8.38. The molecule has 1 aliphatic rings. The van der Waals surface area contributed by atoms with Crippen molar-refractivity contribution in [3.8, 4) is 0 Å². The van der Waals surface area contributed by atoms with Gasteiger partial charge in [0.1, 0.15) is 13.7 Å². The van der Waals surface area contributed by atoms with E-state index in [0.29, 0.717) is 16.7 Å². The summed E-state index contributed by atoms with van der Waals surface area (Å²) in [6.07, 6.45) is -0.522. The number of fused-ring (bicyclic) bond motifs is 1. The number of esters is 1. The largest absolute Gasteiger partial charge is 0.464 e. The molecule has 0 bridgehead atoms. The number of methoxy groups -OCH3 is 1. The summed E-state index contributed by atoms with van der Waals surface area (Å²) in [7, 11) is 2.56. The number of halogens is 2. The lowest BCUT2D eigenvalue weighted by atomic mass is 9.99. The number of rotatable bonds is 6. The SMILES string of the molecule is CO/N=C(/C(=O)OC)c1cccc(C)c1CO/N=C1\CC(F)(F)c2ccccc21. The standard InChI is InChI=1S/C21H20F2N2O4/c1-13-7-6-9-14(19(25-28-3)20(26)27-2)16(13)12-29-24-18-11-21(22,23)17-10-5-4-8-15(17)18/h4-10H,11-12H2,1-3H3/b24-18+,25-19+. The van der Waals surface area contributed by atoms with E-state index in [9.17, 15) is 13.6 Å². The lowest BCUT2D eigenvalue weighted by Gasteiger charge is -2.12. The van der Waals surface area contributed by atoms with E-state index in [1.807, 2.05) is 13.0 Å². The summed E-state index contributed by atoms with van der Waals surface area (Å²) in [4.78, 5) is 22.3. The molecule has 3 rings (SSSR count). The zero-order chi connectivity index (χ0) is 21.0. The van der Waals surface area contributed by atoms with Crippen LogP contribution in [0.15, 0.2) is 52.8 Å². The molecule has 29 heavy (non-hydrogen) atoms. The van der Waals surface area contributed by atoms with Crippen LogP contribution in [0.3, 0.4) is 0 Å². The molecular formula is C21H20F2N2O4. The zero-order valence-electron chi connectivity index (χ0n) is 16.2. The molecule has 0 fully saturated rings. The van der Waals surface area contributed by atoms with Crippen LogP contribution in [0.4, 0.5) is 8.78 Å². The maximum Gasteiger partial charge on any atom is 0.360 e. The molecule has 0 unspecified atom stereocenters. The number of carbonyl (C=O) groups excluding carboxylic acids is 1. The highest BCUT2D eigenvalue weighted by atomic mass is 19.3. The Balaban J connectivity index is 1.88. The number of carbonyl (C=O) groups is 1. The average Bonchev–Trinajstić information content (AvgIpc) is 2.97. The van der Waals surface area contributed by atoms with E-state index in [0.717, 1.165) is 5.56 Å². The lowest BCUT2D eigenvalue weighted by Crippen LogP contribution is -2.20. The molecule has 0 saturated heterocycles. The topological polar surface area (TPSA) is 69.5 Å². The lowest BCUT2D eigenvalue weighted by molar-refractivity contribution is -0.132. The first-order valence-corrected chi connectivity index (χ1v) is 8.84. The van der Waals surface area contributed by atoms with Gasteiger partial charge in [-0.1, -0.05) is 52.8 Å². The van der Waals surface area contributed by atoms with E-state index in [2.05, 4.69) is 10.3 Å². The number of hydrogen-bond donors (Lipinski definition) is 0. The summed E-state index contributed by atoms with van der Waals surface area (Å²) in [5, 5.41) is 7.71. The van der Waals surface area contributed by atoms with Gasteiger partial charge in [-0.25, -0.2) is 13.6 Å². The molecule has 0 aromatic heterocycles. The molecule has 152 valence electrons. The second-order valence-corrected chi connectivity index (χ2v) is 6.45. The summed E-state index contributed by atoms with van der Waals surface area (Å²) in [6, 6.07) is 11.5. The Morgan fingerprint density at radius 3 is 2.62 bits per heavy atom. The molecule has 0 N–H and O–H groups in total. The summed E-state index contributed by atoms with van der Waals surface area (Å²) >= 11 is 0. The minimum atomic E-state index is -2.98. The number of hydrogen-bond acceptors (Lipinski definition) is 6. The number of alkyl halides is 2.